The lowest BCUT2D eigenvalue weighted by Crippen LogP contribution is -2.55. The third-order valence-electron chi connectivity index (χ3n) is 5.86. The molecule has 11 heteroatoms. The minimum absolute atomic E-state index is 0.0297. The Hall–Kier alpha value is -3.35. The molecule has 4 rings (SSSR count). The predicted octanol–water partition coefficient (Wildman–Crippen LogP) is 0.403. The van der Waals surface area contributed by atoms with Crippen molar-refractivity contribution in [3.8, 4) is 34.3 Å². The summed E-state index contributed by atoms with van der Waals surface area (Å²) in [6.07, 6.45) is -7.66. The minimum atomic E-state index is -1.70. The van der Waals surface area contributed by atoms with Crippen molar-refractivity contribution in [1.82, 2.24) is 0 Å². The van der Waals surface area contributed by atoms with Gasteiger partial charge in [0.15, 0.2) is 16.9 Å². The SMILES string of the molecule is COc1cc(-c2cc(=O)c3c(O)c(C4OC(CO)C(O)C(O)C4O)c(OC)cc3o2)ccc1O. The summed E-state index contributed by atoms with van der Waals surface area (Å²) in [7, 11) is 2.65. The number of aliphatic hydroxyl groups excluding tert-OH is 4. The Morgan fingerprint density at radius 1 is 0.941 bits per heavy atom. The highest BCUT2D eigenvalue weighted by Gasteiger charge is 2.46. The second-order valence-corrected chi connectivity index (χ2v) is 7.83. The van der Waals surface area contributed by atoms with Gasteiger partial charge in [0.2, 0.25) is 0 Å². The fraction of sp³-hybridized carbons (Fsp3) is 0.348. The zero-order valence-corrected chi connectivity index (χ0v) is 18.2. The number of rotatable bonds is 5. The second kappa shape index (κ2) is 9.12. The smallest absolute Gasteiger partial charge is 0.197 e. The van der Waals surface area contributed by atoms with Gasteiger partial charge in [-0.25, -0.2) is 0 Å². The van der Waals surface area contributed by atoms with Crippen LogP contribution in [0.5, 0.6) is 23.0 Å². The molecule has 11 nitrogen and oxygen atoms in total. The maximum atomic E-state index is 13.0. The van der Waals surface area contributed by atoms with Crippen molar-refractivity contribution in [1.29, 1.82) is 0 Å². The van der Waals surface area contributed by atoms with Crippen molar-refractivity contribution in [3.05, 3.63) is 46.1 Å². The molecule has 2 heterocycles. The number of fused-ring (bicyclic) bond motifs is 1. The Balaban J connectivity index is 1.89. The molecule has 0 radical (unpaired) electrons. The Morgan fingerprint density at radius 3 is 2.29 bits per heavy atom. The number of phenolic OH excluding ortho intramolecular Hbond substituents is 2. The van der Waals surface area contributed by atoms with Gasteiger partial charge in [0, 0.05) is 17.7 Å². The van der Waals surface area contributed by atoms with Gasteiger partial charge in [-0.2, -0.15) is 0 Å². The van der Waals surface area contributed by atoms with E-state index < -0.39 is 48.3 Å². The Morgan fingerprint density at radius 2 is 1.65 bits per heavy atom. The van der Waals surface area contributed by atoms with E-state index >= 15 is 0 Å². The van der Waals surface area contributed by atoms with Crippen molar-refractivity contribution in [2.75, 3.05) is 20.8 Å². The van der Waals surface area contributed by atoms with E-state index in [1.807, 2.05) is 0 Å². The van der Waals surface area contributed by atoms with Crippen molar-refractivity contribution in [3.63, 3.8) is 0 Å². The number of aliphatic hydroxyl groups is 4. The van der Waals surface area contributed by atoms with Crippen LogP contribution in [0.25, 0.3) is 22.3 Å². The molecule has 1 aromatic heterocycles. The number of benzene rings is 2. The molecule has 1 aliphatic rings. The van der Waals surface area contributed by atoms with E-state index in [4.69, 9.17) is 18.6 Å². The lowest BCUT2D eigenvalue weighted by atomic mass is 9.89. The van der Waals surface area contributed by atoms with E-state index in [1.54, 1.807) is 0 Å². The lowest BCUT2D eigenvalue weighted by molar-refractivity contribution is -0.232. The molecule has 0 amide bonds. The van der Waals surface area contributed by atoms with E-state index in [1.165, 1.54) is 38.5 Å². The molecule has 0 bridgehead atoms. The van der Waals surface area contributed by atoms with E-state index in [0.717, 1.165) is 6.07 Å². The van der Waals surface area contributed by atoms with Crippen LogP contribution < -0.4 is 14.9 Å². The normalized spacial score (nSPS) is 24.8. The van der Waals surface area contributed by atoms with Gasteiger partial charge in [-0.05, 0) is 18.2 Å². The van der Waals surface area contributed by atoms with Crippen molar-refractivity contribution < 1.29 is 49.3 Å². The summed E-state index contributed by atoms with van der Waals surface area (Å²) in [6, 6.07) is 6.81. The topological polar surface area (TPSA) is 179 Å². The minimum Gasteiger partial charge on any atom is -0.506 e. The molecule has 5 atom stereocenters. The molecule has 0 aliphatic carbocycles. The van der Waals surface area contributed by atoms with Gasteiger partial charge in [0.25, 0.3) is 0 Å². The Kier molecular flexibility index (Phi) is 6.39. The molecule has 3 aromatic rings. The van der Waals surface area contributed by atoms with Crippen LogP contribution in [0.15, 0.2) is 39.5 Å². The van der Waals surface area contributed by atoms with E-state index in [-0.39, 0.29) is 39.5 Å². The average Bonchev–Trinajstić information content (AvgIpc) is 2.83. The van der Waals surface area contributed by atoms with Gasteiger partial charge in [-0.1, -0.05) is 0 Å². The number of hydrogen-bond donors (Lipinski definition) is 6. The number of methoxy groups -OCH3 is 2. The highest BCUT2D eigenvalue weighted by atomic mass is 16.5. The van der Waals surface area contributed by atoms with Crippen molar-refractivity contribution in [2.45, 2.75) is 30.5 Å². The Bertz CT molecular complexity index is 1270. The summed E-state index contributed by atoms with van der Waals surface area (Å²) in [5.41, 5.74) is -0.408. The highest BCUT2D eigenvalue weighted by Crippen LogP contribution is 2.45. The van der Waals surface area contributed by atoms with Crippen molar-refractivity contribution in [2.24, 2.45) is 0 Å². The summed E-state index contributed by atoms with van der Waals surface area (Å²) in [5.74, 6) is -0.450. The zero-order valence-electron chi connectivity index (χ0n) is 18.2. The van der Waals surface area contributed by atoms with Crippen LogP contribution in [0.4, 0.5) is 0 Å². The third-order valence-corrected chi connectivity index (χ3v) is 5.86. The first kappa shape index (κ1) is 23.8. The number of hydrogen-bond acceptors (Lipinski definition) is 11. The van der Waals surface area contributed by atoms with Crippen LogP contribution >= 0.6 is 0 Å². The second-order valence-electron chi connectivity index (χ2n) is 7.83. The number of ether oxygens (including phenoxy) is 3. The maximum Gasteiger partial charge on any atom is 0.197 e. The number of aromatic hydroxyl groups is 2. The predicted molar refractivity (Wildman–Crippen MR) is 117 cm³/mol. The molecule has 1 aliphatic heterocycles. The molecule has 5 unspecified atom stereocenters. The van der Waals surface area contributed by atoms with Crippen LogP contribution in [0.1, 0.15) is 11.7 Å². The molecular formula is C23H24O11. The molecule has 1 saturated heterocycles. The van der Waals surface area contributed by atoms with Crippen LogP contribution in [0, 0.1) is 0 Å². The molecule has 1 fully saturated rings. The van der Waals surface area contributed by atoms with Gasteiger partial charge < -0.3 is 49.3 Å². The van der Waals surface area contributed by atoms with Crippen LogP contribution in [-0.4, -0.2) is 75.9 Å². The van der Waals surface area contributed by atoms with E-state index in [2.05, 4.69) is 0 Å². The van der Waals surface area contributed by atoms with Crippen LogP contribution in [0.2, 0.25) is 0 Å². The van der Waals surface area contributed by atoms with E-state index in [9.17, 15) is 35.4 Å². The maximum absolute atomic E-state index is 13.0. The van der Waals surface area contributed by atoms with Crippen LogP contribution in [-0.2, 0) is 4.74 Å². The summed E-state index contributed by atoms with van der Waals surface area (Å²) >= 11 is 0. The fourth-order valence-electron chi connectivity index (χ4n) is 4.05. The monoisotopic (exact) mass is 476 g/mol. The van der Waals surface area contributed by atoms with Gasteiger partial charge >= 0.3 is 0 Å². The van der Waals surface area contributed by atoms with Gasteiger partial charge in [0.1, 0.15) is 58.7 Å². The van der Waals surface area contributed by atoms with Gasteiger partial charge in [-0.15, -0.1) is 0 Å². The third kappa shape index (κ3) is 3.83. The largest absolute Gasteiger partial charge is 0.506 e. The molecule has 0 spiro atoms. The first-order valence-corrected chi connectivity index (χ1v) is 10.3. The summed E-state index contributed by atoms with van der Waals surface area (Å²) < 4.78 is 21.8. The highest BCUT2D eigenvalue weighted by molar-refractivity contribution is 5.88. The van der Waals surface area contributed by atoms with Gasteiger partial charge in [0.05, 0.1) is 26.4 Å². The molecular weight excluding hydrogens is 452 g/mol. The summed E-state index contributed by atoms with van der Waals surface area (Å²) in [4.78, 5) is 13.0. The molecule has 34 heavy (non-hydrogen) atoms. The quantitative estimate of drug-likeness (QED) is 0.300. The summed E-state index contributed by atoms with van der Waals surface area (Å²) in [6.45, 7) is -0.667. The molecule has 6 N–H and O–H groups in total. The average molecular weight is 476 g/mol. The van der Waals surface area contributed by atoms with Gasteiger partial charge in [-0.3, -0.25) is 4.79 Å². The molecule has 0 saturated carbocycles. The zero-order chi connectivity index (χ0) is 24.7. The first-order valence-electron chi connectivity index (χ1n) is 10.3. The molecule has 2 aromatic carbocycles. The molecule has 182 valence electrons. The first-order chi connectivity index (χ1) is 16.2. The lowest BCUT2D eigenvalue weighted by Gasteiger charge is -2.40. The number of phenols is 2. The Labute approximate surface area is 192 Å². The fourth-order valence-corrected chi connectivity index (χ4v) is 4.05. The summed E-state index contributed by atoms with van der Waals surface area (Å²) in [5, 5.41) is 60.8. The van der Waals surface area contributed by atoms with E-state index in [0.29, 0.717) is 5.56 Å². The van der Waals surface area contributed by atoms with Crippen molar-refractivity contribution >= 4 is 11.0 Å². The standard InChI is InChI=1S/C23H24O11/c1-31-13-5-9(3-4-10(13)25)12-6-11(26)17-15(33-12)7-14(32-2)18(20(17)28)23-22(30)21(29)19(27)16(8-24)34-23/h3-7,16,19,21-25,27-30H,8H2,1-2H3. The van der Waals surface area contributed by atoms with Crippen LogP contribution in [0.3, 0.4) is 0 Å².